The fourth-order valence-electron chi connectivity index (χ4n) is 1.96. The molecule has 0 saturated carbocycles. The molecule has 21 heavy (non-hydrogen) atoms. The van der Waals surface area contributed by atoms with Crippen LogP contribution in [0, 0.1) is 5.92 Å². The summed E-state index contributed by atoms with van der Waals surface area (Å²) in [5.41, 5.74) is 1.03. The molecule has 0 unspecified atom stereocenters. The SMILES string of the molecule is CC(C)C[C@H](NS(=O)(=O)c1ccc(C(C)C)cc1)C(=O)O. The van der Waals surface area contributed by atoms with Crippen molar-refractivity contribution in [3.63, 3.8) is 0 Å². The molecule has 0 amide bonds. The maximum Gasteiger partial charge on any atom is 0.321 e. The summed E-state index contributed by atoms with van der Waals surface area (Å²) in [5, 5.41) is 9.12. The van der Waals surface area contributed by atoms with Crippen LogP contribution in [-0.2, 0) is 14.8 Å². The minimum absolute atomic E-state index is 0.0807. The highest BCUT2D eigenvalue weighted by Gasteiger charge is 2.26. The van der Waals surface area contributed by atoms with Gasteiger partial charge in [0.25, 0.3) is 0 Å². The molecule has 0 spiro atoms. The van der Waals surface area contributed by atoms with E-state index in [9.17, 15) is 13.2 Å². The molecule has 0 bridgehead atoms. The van der Waals surface area contributed by atoms with E-state index in [1.165, 1.54) is 12.1 Å². The summed E-state index contributed by atoms with van der Waals surface area (Å²) in [6.45, 7) is 7.74. The van der Waals surface area contributed by atoms with Crippen molar-refractivity contribution < 1.29 is 18.3 Å². The van der Waals surface area contributed by atoms with Crippen LogP contribution in [0.15, 0.2) is 29.2 Å². The number of aliphatic carboxylic acids is 1. The van der Waals surface area contributed by atoms with E-state index in [1.807, 2.05) is 27.7 Å². The van der Waals surface area contributed by atoms with Gasteiger partial charge in [0.15, 0.2) is 0 Å². The summed E-state index contributed by atoms with van der Waals surface area (Å²) in [4.78, 5) is 11.2. The van der Waals surface area contributed by atoms with Crippen LogP contribution >= 0.6 is 0 Å². The fourth-order valence-corrected chi connectivity index (χ4v) is 3.16. The molecular weight excluding hydrogens is 290 g/mol. The smallest absolute Gasteiger partial charge is 0.321 e. The fraction of sp³-hybridized carbons (Fsp3) is 0.533. The monoisotopic (exact) mass is 313 g/mol. The molecule has 0 aliphatic rings. The molecule has 0 heterocycles. The topological polar surface area (TPSA) is 83.5 Å². The summed E-state index contributed by atoms with van der Waals surface area (Å²) in [5.74, 6) is -0.773. The van der Waals surface area contributed by atoms with Crippen LogP contribution in [0.25, 0.3) is 0 Å². The summed E-state index contributed by atoms with van der Waals surface area (Å²) in [6.07, 6.45) is 0.249. The lowest BCUT2D eigenvalue weighted by Crippen LogP contribution is -2.41. The highest BCUT2D eigenvalue weighted by molar-refractivity contribution is 7.89. The number of carboxylic acids is 1. The number of benzene rings is 1. The standard InChI is InChI=1S/C15H23NO4S/c1-10(2)9-14(15(17)18)16-21(19,20)13-7-5-12(6-8-13)11(3)4/h5-8,10-11,14,16H,9H2,1-4H3,(H,17,18)/t14-/m0/s1. The van der Waals surface area contributed by atoms with Crippen molar-refractivity contribution in [3.05, 3.63) is 29.8 Å². The van der Waals surface area contributed by atoms with Crippen LogP contribution in [-0.4, -0.2) is 25.5 Å². The largest absolute Gasteiger partial charge is 0.480 e. The number of carboxylic acid groups (broad SMARTS) is 1. The Hall–Kier alpha value is -1.40. The highest BCUT2D eigenvalue weighted by Crippen LogP contribution is 2.18. The van der Waals surface area contributed by atoms with Gasteiger partial charge in [-0.25, -0.2) is 8.42 Å². The van der Waals surface area contributed by atoms with E-state index in [0.717, 1.165) is 5.56 Å². The molecule has 1 rings (SSSR count). The lowest BCUT2D eigenvalue weighted by Gasteiger charge is -2.17. The Bertz CT molecular complexity index is 576. The molecule has 118 valence electrons. The predicted molar refractivity (Wildman–Crippen MR) is 81.7 cm³/mol. The highest BCUT2D eigenvalue weighted by atomic mass is 32.2. The third-order valence-corrected chi connectivity index (χ3v) is 4.65. The Morgan fingerprint density at radius 1 is 1.14 bits per heavy atom. The Morgan fingerprint density at radius 3 is 2.05 bits per heavy atom. The van der Waals surface area contributed by atoms with Gasteiger partial charge in [0.1, 0.15) is 6.04 Å². The minimum Gasteiger partial charge on any atom is -0.480 e. The molecule has 1 aromatic carbocycles. The van der Waals surface area contributed by atoms with E-state index >= 15 is 0 Å². The van der Waals surface area contributed by atoms with E-state index in [1.54, 1.807) is 12.1 Å². The van der Waals surface area contributed by atoms with Crippen LogP contribution < -0.4 is 4.72 Å². The third-order valence-electron chi connectivity index (χ3n) is 3.16. The second-order valence-electron chi connectivity index (χ2n) is 5.87. The second-order valence-corrected chi connectivity index (χ2v) is 7.58. The summed E-state index contributed by atoms with van der Waals surface area (Å²) < 4.78 is 26.7. The van der Waals surface area contributed by atoms with E-state index in [0.29, 0.717) is 5.92 Å². The van der Waals surface area contributed by atoms with Gasteiger partial charge in [0.2, 0.25) is 10.0 Å². The zero-order chi connectivity index (χ0) is 16.2. The normalized spacial score (nSPS) is 13.6. The first-order chi connectivity index (χ1) is 9.63. The maximum atomic E-state index is 12.2. The van der Waals surface area contributed by atoms with Crippen molar-refractivity contribution >= 4 is 16.0 Å². The number of rotatable bonds is 7. The summed E-state index contributed by atoms with van der Waals surface area (Å²) >= 11 is 0. The van der Waals surface area contributed by atoms with Crippen molar-refractivity contribution in [1.29, 1.82) is 0 Å². The van der Waals surface area contributed by atoms with Gasteiger partial charge in [-0.2, -0.15) is 4.72 Å². The van der Waals surface area contributed by atoms with Crippen LogP contribution in [0.3, 0.4) is 0 Å². The molecule has 5 nitrogen and oxygen atoms in total. The zero-order valence-corrected chi connectivity index (χ0v) is 13.6. The van der Waals surface area contributed by atoms with Crippen molar-refractivity contribution in [3.8, 4) is 0 Å². The number of nitrogens with one attached hydrogen (secondary N) is 1. The molecule has 1 atom stereocenters. The van der Waals surface area contributed by atoms with Gasteiger partial charge in [0.05, 0.1) is 4.90 Å². The van der Waals surface area contributed by atoms with Crippen LogP contribution in [0.5, 0.6) is 0 Å². The van der Waals surface area contributed by atoms with E-state index in [4.69, 9.17) is 5.11 Å². The molecule has 2 N–H and O–H groups in total. The average molecular weight is 313 g/mol. The van der Waals surface area contributed by atoms with Gasteiger partial charge >= 0.3 is 5.97 Å². The molecule has 1 aromatic rings. The second kappa shape index (κ2) is 7.04. The number of hydrogen-bond acceptors (Lipinski definition) is 3. The molecule has 0 radical (unpaired) electrons. The van der Waals surface area contributed by atoms with Crippen molar-refractivity contribution in [2.45, 2.75) is 51.0 Å². The average Bonchev–Trinajstić information content (AvgIpc) is 2.37. The van der Waals surface area contributed by atoms with Crippen molar-refractivity contribution in [1.82, 2.24) is 4.72 Å². The summed E-state index contributed by atoms with van der Waals surface area (Å²) in [6, 6.07) is 5.40. The molecular formula is C15H23NO4S. The Labute approximate surface area is 126 Å². The molecule has 0 aromatic heterocycles. The zero-order valence-electron chi connectivity index (χ0n) is 12.8. The molecule has 0 saturated heterocycles. The van der Waals surface area contributed by atoms with Gasteiger partial charge in [-0.3, -0.25) is 4.79 Å². The van der Waals surface area contributed by atoms with Crippen molar-refractivity contribution in [2.75, 3.05) is 0 Å². The Kier molecular flexibility index (Phi) is 5.92. The van der Waals surface area contributed by atoms with Gasteiger partial charge in [-0.05, 0) is 36.0 Å². The molecule has 0 aliphatic heterocycles. The Morgan fingerprint density at radius 2 is 1.67 bits per heavy atom. The quantitative estimate of drug-likeness (QED) is 0.810. The van der Waals surface area contributed by atoms with E-state index in [2.05, 4.69) is 4.72 Å². The Balaban J connectivity index is 2.96. The van der Waals surface area contributed by atoms with Crippen LogP contribution in [0.2, 0.25) is 0 Å². The number of carbonyl (C=O) groups is 1. The maximum absolute atomic E-state index is 12.2. The molecule has 0 fully saturated rings. The van der Waals surface area contributed by atoms with Gasteiger partial charge in [-0.1, -0.05) is 39.8 Å². The minimum atomic E-state index is -3.82. The first-order valence-corrected chi connectivity index (χ1v) is 8.47. The third kappa shape index (κ3) is 5.13. The lowest BCUT2D eigenvalue weighted by atomic mass is 10.0. The van der Waals surface area contributed by atoms with Gasteiger partial charge < -0.3 is 5.11 Å². The van der Waals surface area contributed by atoms with Crippen LogP contribution in [0.4, 0.5) is 0 Å². The first-order valence-electron chi connectivity index (χ1n) is 6.98. The molecule has 0 aliphatic carbocycles. The van der Waals surface area contributed by atoms with Gasteiger partial charge in [0, 0.05) is 0 Å². The molecule has 6 heteroatoms. The lowest BCUT2D eigenvalue weighted by molar-refractivity contribution is -0.139. The van der Waals surface area contributed by atoms with E-state index in [-0.39, 0.29) is 17.2 Å². The van der Waals surface area contributed by atoms with Crippen molar-refractivity contribution in [2.24, 2.45) is 5.92 Å². The predicted octanol–water partition coefficient (Wildman–Crippen LogP) is 2.59. The summed E-state index contributed by atoms with van der Waals surface area (Å²) in [7, 11) is -3.82. The number of hydrogen-bond donors (Lipinski definition) is 2. The van der Waals surface area contributed by atoms with Gasteiger partial charge in [-0.15, -0.1) is 0 Å². The van der Waals surface area contributed by atoms with E-state index < -0.39 is 22.0 Å². The van der Waals surface area contributed by atoms with Crippen LogP contribution in [0.1, 0.15) is 45.6 Å². The first kappa shape index (κ1) is 17.7. The number of sulfonamides is 1.